The van der Waals surface area contributed by atoms with E-state index in [2.05, 4.69) is 0 Å². The van der Waals surface area contributed by atoms with E-state index in [1.807, 2.05) is 50.3 Å². The Bertz CT molecular complexity index is 1010. The van der Waals surface area contributed by atoms with Gasteiger partial charge in [-0.1, -0.05) is 48.1 Å². The van der Waals surface area contributed by atoms with Crippen LogP contribution in [0.25, 0.3) is 6.08 Å². The van der Waals surface area contributed by atoms with Gasteiger partial charge in [0.2, 0.25) is 0 Å². The van der Waals surface area contributed by atoms with Crippen LogP contribution in [0.1, 0.15) is 54.7 Å². The standard InChI is InChI=1S/C25H28O5/c1-15(2)10-12-17-22(27)18-14-20(25(3,4)29)30-24(18)21(23(17)28)19(26)13-11-16-8-6-5-7-9-16/h5-11,13,20,27-29H,12,14H2,1-4H3. The van der Waals surface area contributed by atoms with Crippen molar-refractivity contribution in [2.75, 3.05) is 0 Å². The Morgan fingerprint density at radius 2 is 1.83 bits per heavy atom. The van der Waals surface area contributed by atoms with Gasteiger partial charge >= 0.3 is 0 Å². The zero-order chi connectivity index (χ0) is 22.1. The van der Waals surface area contributed by atoms with Gasteiger partial charge in [0.25, 0.3) is 0 Å². The van der Waals surface area contributed by atoms with Crippen LogP contribution in [-0.2, 0) is 12.8 Å². The van der Waals surface area contributed by atoms with E-state index in [9.17, 15) is 20.1 Å². The number of ketones is 1. The zero-order valence-corrected chi connectivity index (χ0v) is 17.8. The number of aromatic hydroxyl groups is 2. The number of rotatable bonds is 6. The van der Waals surface area contributed by atoms with Crippen molar-refractivity contribution in [3.63, 3.8) is 0 Å². The molecular weight excluding hydrogens is 380 g/mol. The van der Waals surface area contributed by atoms with Gasteiger partial charge in [-0.25, -0.2) is 0 Å². The summed E-state index contributed by atoms with van der Waals surface area (Å²) >= 11 is 0. The number of fused-ring (bicyclic) bond motifs is 1. The minimum Gasteiger partial charge on any atom is -0.507 e. The molecule has 0 aliphatic carbocycles. The monoisotopic (exact) mass is 408 g/mol. The van der Waals surface area contributed by atoms with Crippen LogP contribution in [0.2, 0.25) is 0 Å². The Balaban J connectivity index is 2.10. The summed E-state index contributed by atoms with van der Waals surface area (Å²) in [5, 5.41) is 32.1. The van der Waals surface area contributed by atoms with E-state index >= 15 is 0 Å². The molecule has 1 atom stereocenters. The maximum atomic E-state index is 13.1. The van der Waals surface area contributed by atoms with E-state index in [0.717, 1.165) is 11.1 Å². The number of allylic oxidation sites excluding steroid dienone is 3. The highest BCUT2D eigenvalue weighted by molar-refractivity contribution is 6.11. The van der Waals surface area contributed by atoms with E-state index in [1.165, 1.54) is 6.08 Å². The molecular formula is C25H28O5. The highest BCUT2D eigenvalue weighted by Crippen LogP contribution is 2.48. The number of carbonyl (C=O) groups excluding carboxylic acids is 1. The molecule has 0 saturated heterocycles. The fourth-order valence-corrected chi connectivity index (χ4v) is 3.44. The highest BCUT2D eigenvalue weighted by Gasteiger charge is 2.40. The van der Waals surface area contributed by atoms with E-state index in [1.54, 1.807) is 19.9 Å². The zero-order valence-electron chi connectivity index (χ0n) is 17.8. The molecule has 5 heteroatoms. The van der Waals surface area contributed by atoms with Crippen molar-refractivity contribution in [2.24, 2.45) is 0 Å². The lowest BCUT2D eigenvalue weighted by Gasteiger charge is -2.24. The normalized spacial score (nSPS) is 15.7. The SMILES string of the molecule is CC(C)=CCc1c(O)c2c(c(C(=O)C=Cc3ccccc3)c1O)OC(C(C)(C)O)C2. The lowest BCUT2D eigenvalue weighted by molar-refractivity contribution is -0.0232. The summed E-state index contributed by atoms with van der Waals surface area (Å²) < 4.78 is 5.88. The van der Waals surface area contributed by atoms with Crippen LogP contribution in [0, 0.1) is 0 Å². The van der Waals surface area contributed by atoms with Crippen molar-refractivity contribution in [1.29, 1.82) is 0 Å². The van der Waals surface area contributed by atoms with Crippen molar-refractivity contribution in [3.8, 4) is 17.2 Å². The van der Waals surface area contributed by atoms with E-state index < -0.39 is 17.5 Å². The third kappa shape index (κ3) is 4.41. The van der Waals surface area contributed by atoms with Crippen molar-refractivity contribution in [3.05, 3.63) is 70.3 Å². The van der Waals surface area contributed by atoms with Gasteiger partial charge in [0.1, 0.15) is 28.9 Å². The summed E-state index contributed by atoms with van der Waals surface area (Å²) in [7, 11) is 0. The molecule has 1 heterocycles. The minimum atomic E-state index is -1.18. The quantitative estimate of drug-likeness (QED) is 0.370. The fraction of sp³-hybridized carbons (Fsp3) is 0.320. The van der Waals surface area contributed by atoms with Crippen molar-refractivity contribution in [1.82, 2.24) is 0 Å². The summed E-state index contributed by atoms with van der Waals surface area (Å²) in [4.78, 5) is 13.1. The molecule has 30 heavy (non-hydrogen) atoms. The van der Waals surface area contributed by atoms with Gasteiger partial charge in [-0.2, -0.15) is 0 Å². The first-order chi connectivity index (χ1) is 14.1. The summed E-state index contributed by atoms with van der Waals surface area (Å²) in [5.41, 5.74) is 1.43. The van der Waals surface area contributed by atoms with Gasteiger partial charge in [0, 0.05) is 17.5 Å². The van der Waals surface area contributed by atoms with Crippen LogP contribution < -0.4 is 4.74 Å². The molecule has 0 bridgehead atoms. The van der Waals surface area contributed by atoms with Crippen molar-refractivity contribution in [2.45, 2.75) is 52.2 Å². The van der Waals surface area contributed by atoms with Crippen molar-refractivity contribution < 1.29 is 24.9 Å². The number of ether oxygens (including phenoxy) is 1. The van der Waals surface area contributed by atoms with Crippen LogP contribution in [0.15, 0.2) is 48.1 Å². The molecule has 0 spiro atoms. The van der Waals surface area contributed by atoms with Gasteiger partial charge in [-0.3, -0.25) is 4.79 Å². The maximum absolute atomic E-state index is 13.1. The van der Waals surface area contributed by atoms with Crippen molar-refractivity contribution >= 4 is 11.9 Å². The number of hydrogen-bond donors (Lipinski definition) is 3. The Morgan fingerprint density at radius 1 is 1.17 bits per heavy atom. The Kier molecular flexibility index (Phi) is 6.04. The molecule has 5 nitrogen and oxygen atoms in total. The first-order valence-corrected chi connectivity index (χ1v) is 9.99. The second kappa shape index (κ2) is 8.36. The van der Waals surface area contributed by atoms with E-state index in [4.69, 9.17) is 4.74 Å². The summed E-state index contributed by atoms with van der Waals surface area (Å²) in [6.45, 7) is 7.07. The number of carbonyl (C=O) groups is 1. The van der Waals surface area contributed by atoms with Gasteiger partial charge in [0.15, 0.2) is 5.78 Å². The average molecular weight is 408 g/mol. The third-order valence-corrected chi connectivity index (χ3v) is 5.22. The molecule has 0 fully saturated rings. The van der Waals surface area contributed by atoms with E-state index in [-0.39, 0.29) is 41.2 Å². The third-order valence-electron chi connectivity index (χ3n) is 5.22. The first-order valence-electron chi connectivity index (χ1n) is 9.99. The van der Waals surface area contributed by atoms with Crippen LogP contribution in [-0.4, -0.2) is 32.8 Å². The topological polar surface area (TPSA) is 87.0 Å². The molecule has 1 aliphatic heterocycles. The molecule has 1 aliphatic rings. The lowest BCUT2D eigenvalue weighted by atomic mass is 9.92. The van der Waals surface area contributed by atoms with Gasteiger partial charge in [-0.15, -0.1) is 0 Å². The fourth-order valence-electron chi connectivity index (χ4n) is 3.44. The Morgan fingerprint density at radius 3 is 2.43 bits per heavy atom. The molecule has 0 amide bonds. The Hall–Kier alpha value is -3.05. The average Bonchev–Trinajstić information content (AvgIpc) is 3.12. The largest absolute Gasteiger partial charge is 0.507 e. The Labute approximate surface area is 177 Å². The molecule has 0 aromatic heterocycles. The second-order valence-electron chi connectivity index (χ2n) is 8.42. The van der Waals surface area contributed by atoms with Crippen LogP contribution in [0.4, 0.5) is 0 Å². The molecule has 3 N–H and O–H groups in total. The number of aliphatic hydroxyl groups is 1. The summed E-state index contributed by atoms with van der Waals surface area (Å²) in [5.74, 6) is -0.665. The van der Waals surface area contributed by atoms with Gasteiger partial charge < -0.3 is 20.1 Å². The minimum absolute atomic E-state index is 0.0129. The molecule has 0 radical (unpaired) electrons. The summed E-state index contributed by atoms with van der Waals surface area (Å²) in [6.07, 6.45) is 4.81. The molecule has 1 unspecified atom stereocenters. The van der Waals surface area contributed by atoms with Crippen LogP contribution >= 0.6 is 0 Å². The number of phenolic OH excluding ortho intramolecular Hbond substituents is 2. The molecule has 0 saturated carbocycles. The predicted octanol–water partition coefficient (Wildman–Crippen LogP) is 4.58. The van der Waals surface area contributed by atoms with Gasteiger partial charge in [-0.05, 0) is 45.8 Å². The molecule has 2 aromatic carbocycles. The van der Waals surface area contributed by atoms with E-state index in [0.29, 0.717) is 5.56 Å². The molecule has 3 rings (SSSR count). The smallest absolute Gasteiger partial charge is 0.193 e. The molecule has 2 aromatic rings. The highest BCUT2D eigenvalue weighted by atomic mass is 16.5. The number of benzene rings is 2. The lowest BCUT2D eigenvalue weighted by Crippen LogP contribution is -2.39. The number of hydrogen-bond acceptors (Lipinski definition) is 5. The van der Waals surface area contributed by atoms with Crippen LogP contribution in [0.5, 0.6) is 17.2 Å². The maximum Gasteiger partial charge on any atom is 0.193 e. The first kappa shape index (κ1) is 21.7. The van der Waals surface area contributed by atoms with Gasteiger partial charge in [0.05, 0.1) is 5.60 Å². The molecule has 158 valence electrons. The summed E-state index contributed by atoms with van der Waals surface area (Å²) in [6, 6.07) is 9.36. The number of phenols is 2. The second-order valence-corrected chi connectivity index (χ2v) is 8.42. The predicted molar refractivity (Wildman–Crippen MR) is 117 cm³/mol. The van der Waals surface area contributed by atoms with Crippen LogP contribution in [0.3, 0.4) is 0 Å².